The summed E-state index contributed by atoms with van der Waals surface area (Å²) in [5.41, 5.74) is 2.89. The Labute approximate surface area is 229 Å². The standard InChI is InChI=1S/C30H36N4O5/c1-30(2,3)39-29(36)33-16-14-22(15-17-33)27(35)13-11-21-8-6-7-9-25(21)26-20-34(32-31-26)19-23-10-12-24(37-4)18-28(23)38-5/h6-13,18,20,22H,14-17,19H2,1-5H3/b13-11+. The molecule has 0 spiro atoms. The normalized spacial score (nSPS) is 14.4. The van der Waals surface area contributed by atoms with Crippen molar-refractivity contribution in [2.75, 3.05) is 27.3 Å². The van der Waals surface area contributed by atoms with Gasteiger partial charge < -0.3 is 19.1 Å². The Bertz CT molecular complexity index is 1330. The quantitative estimate of drug-likeness (QED) is 0.366. The fourth-order valence-electron chi connectivity index (χ4n) is 4.51. The molecular weight excluding hydrogens is 496 g/mol. The smallest absolute Gasteiger partial charge is 0.410 e. The summed E-state index contributed by atoms with van der Waals surface area (Å²) in [6, 6.07) is 13.5. The van der Waals surface area contributed by atoms with Gasteiger partial charge in [0.15, 0.2) is 5.78 Å². The summed E-state index contributed by atoms with van der Waals surface area (Å²) in [5, 5.41) is 8.68. The van der Waals surface area contributed by atoms with Crippen LogP contribution in [0.4, 0.5) is 4.79 Å². The highest BCUT2D eigenvalue weighted by atomic mass is 16.6. The van der Waals surface area contributed by atoms with Crippen molar-refractivity contribution < 1.29 is 23.8 Å². The van der Waals surface area contributed by atoms with Crippen molar-refractivity contribution in [2.24, 2.45) is 5.92 Å². The largest absolute Gasteiger partial charge is 0.497 e. The summed E-state index contributed by atoms with van der Waals surface area (Å²) in [7, 11) is 3.24. The highest BCUT2D eigenvalue weighted by molar-refractivity contribution is 5.96. The van der Waals surface area contributed by atoms with E-state index in [-0.39, 0.29) is 17.8 Å². The van der Waals surface area contributed by atoms with Crippen LogP contribution in [-0.2, 0) is 16.1 Å². The van der Waals surface area contributed by atoms with Crippen LogP contribution in [0.1, 0.15) is 44.7 Å². The molecule has 1 saturated heterocycles. The number of hydrogen-bond acceptors (Lipinski definition) is 7. The van der Waals surface area contributed by atoms with Crippen LogP contribution < -0.4 is 9.47 Å². The number of aromatic nitrogens is 3. The zero-order chi connectivity index (χ0) is 28.0. The Hall–Kier alpha value is -4.14. The van der Waals surface area contributed by atoms with Gasteiger partial charge in [0.05, 0.1) is 27.0 Å². The number of nitrogens with zero attached hydrogens (tertiary/aromatic N) is 4. The molecule has 1 fully saturated rings. The maximum Gasteiger partial charge on any atom is 0.410 e. The van der Waals surface area contributed by atoms with Crippen molar-refractivity contribution in [1.29, 1.82) is 0 Å². The van der Waals surface area contributed by atoms with Gasteiger partial charge in [-0.15, -0.1) is 5.10 Å². The van der Waals surface area contributed by atoms with E-state index in [1.807, 2.05) is 75.5 Å². The molecule has 0 aliphatic carbocycles. The number of amides is 1. The number of methoxy groups -OCH3 is 2. The van der Waals surface area contributed by atoms with Gasteiger partial charge in [-0.3, -0.25) is 4.79 Å². The van der Waals surface area contributed by atoms with Crippen LogP contribution in [0.25, 0.3) is 17.3 Å². The van der Waals surface area contributed by atoms with Crippen LogP contribution in [0.5, 0.6) is 11.5 Å². The van der Waals surface area contributed by atoms with Crippen LogP contribution in [0.2, 0.25) is 0 Å². The molecule has 9 nitrogen and oxygen atoms in total. The molecule has 0 radical (unpaired) electrons. The summed E-state index contributed by atoms with van der Waals surface area (Å²) in [6.45, 7) is 7.06. The molecule has 1 amide bonds. The fraction of sp³-hybridized carbons (Fsp3) is 0.400. The minimum absolute atomic E-state index is 0.0592. The summed E-state index contributed by atoms with van der Waals surface area (Å²) in [4.78, 5) is 27.0. The first-order valence-corrected chi connectivity index (χ1v) is 13.1. The van der Waals surface area contributed by atoms with Gasteiger partial charge in [-0.1, -0.05) is 35.6 Å². The van der Waals surface area contributed by atoms with E-state index in [1.165, 1.54) is 0 Å². The summed E-state index contributed by atoms with van der Waals surface area (Å²) < 4.78 is 18.0. The van der Waals surface area contributed by atoms with Crippen LogP contribution in [-0.4, -0.2) is 64.7 Å². The molecule has 0 atom stereocenters. The molecule has 0 unspecified atom stereocenters. The number of carbonyl (C=O) groups excluding carboxylic acids is 2. The van der Waals surface area contributed by atoms with Gasteiger partial charge in [0.2, 0.25) is 0 Å². The van der Waals surface area contributed by atoms with E-state index >= 15 is 0 Å². The van der Waals surface area contributed by atoms with Crippen LogP contribution in [0, 0.1) is 5.92 Å². The van der Waals surface area contributed by atoms with E-state index in [9.17, 15) is 9.59 Å². The van der Waals surface area contributed by atoms with Gasteiger partial charge in [-0.25, -0.2) is 9.48 Å². The molecule has 1 aromatic heterocycles. The molecule has 3 aromatic rings. The maximum absolute atomic E-state index is 13.0. The molecule has 0 N–H and O–H groups in total. The van der Waals surface area contributed by atoms with Crippen molar-refractivity contribution >= 4 is 18.0 Å². The number of ether oxygens (including phenoxy) is 3. The Kier molecular flexibility index (Phi) is 8.69. The van der Waals surface area contributed by atoms with Crippen molar-refractivity contribution in [3.63, 3.8) is 0 Å². The van der Waals surface area contributed by atoms with E-state index in [1.54, 1.807) is 29.9 Å². The van der Waals surface area contributed by atoms with Gasteiger partial charge in [-0.2, -0.15) is 0 Å². The lowest BCUT2D eigenvalue weighted by atomic mass is 9.92. The number of rotatable bonds is 8. The van der Waals surface area contributed by atoms with E-state index in [2.05, 4.69) is 10.3 Å². The first kappa shape index (κ1) is 27.9. The average molecular weight is 533 g/mol. The average Bonchev–Trinajstić information content (AvgIpc) is 3.39. The monoisotopic (exact) mass is 532 g/mol. The SMILES string of the molecule is COc1ccc(Cn2cc(-c3ccccc3/C=C/C(=O)C3CCN(C(=O)OC(C)(C)C)CC3)nn2)c(OC)c1. The van der Waals surface area contributed by atoms with Crippen LogP contribution >= 0.6 is 0 Å². The molecule has 9 heteroatoms. The zero-order valence-electron chi connectivity index (χ0n) is 23.2. The lowest BCUT2D eigenvalue weighted by molar-refractivity contribution is -0.119. The highest BCUT2D eigenvalue weighted by Gasteiger charge is 2.29. The number of hydrogen-bond donors (Lipinski definition) is 0. The van der Waals surface area contributed by atoms with Gasteiger partial charge in [0, 0.05) is 36.2 Å². The molecule has 2 heterocycles. The predicted molar refractivity (Wildman–Crippen MR) is 149 cm³/mol. The second-order valence-corrected chi connectivity index (χ2v) is 10.5. The van der Waals surface area contributed by atoms with Gasteiger partial charge in [-0.05, 0) is 57.4 Å². The molecule has 4 rings (SSSR count). The van der Waals surface area contributed by atoms with Crippen molar-refractivity contribution in [3.05, 3.63) is 65.9 Å². The molecule has 1 aliphatic heterocycles. The summed E-state index contributed by atoms with van der Waals surface area (Å²) in [5.74, 6) is 1.38. The summed E-state index contributed by atoms with van der Waals surface area (Å²) >= 11 is 0. The van der Waals surface area contributed by atoms with Gasteiger partial charge >= 0.3 is 6.09 Å². The van der Waals surface area contributed by atoms with Gasteiger partial charge in [0.1, 0.15) is 22.8 Å². The first-order valence-electron chi connectivity index (χ1n) is 13.1. The summed E-state index contributed by atoms with van der Waals surface area (Å²) in [6.07, 6.45) is 6.27. The maximum atomic E-state index is 13.0. The number of ketones is 1. The Morgan fingerprint density at radius 3 is 2.49 bits per heavy atom. The third-order valence-corrected chi connectivity index (χ3v) is 6.58. The molecule has 2 aromatic carbocycles. The van der Waals surface area contributed by atoms with E-state index in [0.717, 1.165) is 22.4 Å². The van der Waals surface area contributed by atoms with Gasteiger partial charge in [0.25, 0.3) is 0 Å². The van der Waals surface area contributed by atoms with Crippen LogP contribution in [0.3, 0.4) is 0 Å². The lowest BCUT2D eigenvalue weighted by Crippen LogP contribution is -2.42. The second kappa shape index (κ2) is 12.1. The predicted octanol–water partition coefficient (Wildman–Crippen LogP) is 5.24. The molecule has 206 valence electrons. The third-order valence-electron chi connectivity index (χ3n) is 6.58. The van der Waals surface area contributed by atoms with E-state index in [4.69, 9.17) is 14.2 Å². The van der Waals surface area contributed by atoms with Crippen molar-refractivity contribution in [3.8, 4) is 22.8 Å². The number of carbonyl (C=O) groups is 2. The van der Waals surface area contributed by atoms with E-state index < -0.39 is 5.60 Å². The first-order chi connectivity index (χ1) is 18.7. The van der Waals surface area contributed by atoms with E-state index in [0.29, 0.717) is 43.9 Å². The Morgan fingerprint density at radius 2 is 1.79 bits per heavy atom. The Morgan fingerprint density at radius 1 is 1.05 bits per heavy atom. The number of piperidine rings is 1. The Balaban J connectivity index is 1.41. The number of allylic oxidation sites excluding steroid dienone is 1. The number of likely N-dealkylation sites (tertiary alicyclic amines) is 1. The van der Waals surface area contributed by atoms with Crippen molar-refractivity contribution in [2.45, 2.75) is 45.8 Å². The minimum atomic E-state index is -0.534. The third kappa shape index (κ3) is 7.25. The highest BCUT2D eigenvalue weighted by Crippen LogP contribution is 2.27. The topological polar surface area (TPSA) is 95.8 Å². The zero-order valence-corrected chi connectivity index (χ0v) is 23.2. The second-order valence-electron chi connectivity index (χ2n) is 10.5. The fourth-order valence-corrected chi connectivity index (χ4v) is 4.51. The molecule has 0 saturated carbocycles. The molecule has 39 heavy (non-hydrogen) atoms. The molecular formula is C30H36N4O5. The molecule has 1 aliphatic rings. The lowest BCUT2D eigenvalue weighted by Gasteiger charge is -2.32. The minimum Gasteiger partial charge on any atom is -0.497 e. The van der Waals surface area contributed by atoms with Crippen LogP contribution in [0.15, 0.2) is 54.7 Å². The molecule has 0 bridgehead atoms. The number of benzene rings is 2. The van der Waals surface area contributed by atoms with Crippen molar-refractivity contribution in [1.82, 2.24) is 19.9 Å².